The molecule has 1 saturated carbocycles. The second-order valence-corrected chi connectivity index (χ2v) is 7.36. The average Bonchev–Trinajstić information content (AvgIpc) is 3.12. The van der Waals surface area contributed by atoms with Crippen LogP contribution in [0, 0.1) is 56.5 Å². The van der Waals surface area contributed by atoms with Gasteiger partial charge in [0, 0.05) is 0 Å². The zero-order valence-corrected chi connectivity index (χ0v) is 20.8. The van der Waals surface area contributed by atoms with Crippen molar-refractivity contribution in [3.05, 3.63) is 85.3 Å². The monoisotopic (exact) mass is 603 g/mol. The molecule has 3 nitrogen and oxygen atoms in total. The van der Waals surface area contributed by atoms with Crippen LogP contribution in [0.2, 0.25) is 0 Å². The Balaban J connectivity index is 0.000000278. The average molecular weight is 604 g/mol. The fraction of sp³-hybridized carbons (Fsp3) is 0.364. The van der Waals surface area contributed by atoms with Crippen molar-refractivity contribution in [2.45, 2.75) is 31.7 Å². The Bertz CT molecular complexity index is 670. The van der Waals surface area contributed by atoms with E-state index in [9.17, 15) is 0 Å². The van der Waals surface area contributed by atoms with E-state index in [1.807, 2.05) is 55.1 Å². The smallest absolute Gasteiger partial charge is 0.544 e. The molecular weight excluding hydrogens is 578 g/mol. The predicted molar refractivity (Wildman–Crippen MR) is 103 cm³/mol. The molecule has 1 unspecified atom stereocenters. The third kappa shape index (κ3) is 5.73. The summed E-state index contributed by atoms with van der Waals surface area (Å²) in [6.45, 7) is 9.04. The first-order valence-corrected chi connectivity index (χ1v) is 9.38. The molecule has 1 aliphatic carbocycles. The topological polar surface area (TPSA) is 27.7 Å². The number of hydrogen-bond acceptors (Lipinski definition) is 3. The van der Waals surface area contributed by atoms with E-state index < -0.39 is 0 Å². The minimum absolute atomic E-state index is 0. The molecule has 2 fully saturated rings. The fourth-order valence-corrected chi connectivity index (χ4v) is 4.02. The third-order valence-corrected chi connectivity index (χ3v) is 5.23. The van der Waals surface area contributed by atoms with Crippen molar-refractivity contribution in [1.82, 2.24) is 0 Å². The van der Waals surface area contributed by atoms with E-state index in [0.29, 0.717) is 25.0 Å². The van der Waals surface area contributed by atoms with E-state index in [1.54, 1.807) is 0 Å². The molecule has 2 aromatic carbocycles. The molecule has 2 aromatic rings. The number of rotatable bonds is 5. The maximum absolute atomic E-state index is 6.14. The summed E-state index contributed by atoms with van der Waals surface area (Å²) in [5, 5.41) is 0. The molecule has 1 aliphatic heterocycles. The normalized spacial score (nSPS) is 28.1. The van der Waals surface area contributed by atoms with Crippen molar-refractivity contribution in [3.8, 4) is 0 Å². The Labute approximate surface area is 190 Å². The number of fused-ring (bicyclic) bond motifs is 2. The van der Waals surface area contributed by atoms with Crippen LogP contribution in [0.1, 0.15) is 24.5 Å². The summed E-state index contributed by atoms with van der Waals surface area (Å²) in [5.74, 6) is 0.946. The van der Waals surface area contributed by atoms with Gasteiger partial charge < -0.3 is 13.9 Å². The van der Waals surface area contributed by atoms with Crippen molar-refractivity contribution in [2.24, 2.45) is 11.8 Å². The van der Waals surface area contributed by atoms with Gasteiger partial charge in [-0.15, -0.1) is 18.1 Å². The molecule has 139 valence electrons. The summed E-state index contributed by atoms with van der Waals surface area (Å²) in [6, 6.07) is 20.1. The van der Waals surface area contributed by atoms with Gasteiger partial charge in [0.25, 0.3) is 0 Å². The van der Waals surface area contributed by atoms with Gasteiger partial charge in [-0.3, -0.25) is 0 Å². The Morgan fingerprint density at radius 2 is 1.78 bits per heavy atom. The minimum atomic E-state index is -0.319. The van der Waals surface area contributed by atoms with Crippen LogP contribution in [-0.2, 0) is 20.5 Å². The van der Waals surface area contributed by atoms with E-state index in [-0.39, 0.29) is 42.8 Å². The van der Waals surface area contributed by atoms with Crippen molar-refractivity contribution in [3.63, 3.8) is 0 Å². The summed E-state index contributed by atoms with van der Waals surface area (Å²) in [7, 11) is 3.10. The van der Waals surface area contributed by atoms with E-state index in [2.05, 4.69) is 36.5 Å². The van der Waals surface area contributed by atoms with Crippen LogP contribution < -0.4 is 0 Å². The van der Waals surface area contributed by atoms with E-state index in [1.165, 1.54) is 5.56 Å². The van der Waals surface area contributed by atoms with E-state index in [0.717, 1.165) is 12.0 Å². The number of hydrogen-bond donors (Lipinski definition) is 0. The second-order valence-electron chi connectivity index (χ2n) is 7.07. The first-order chi connectivity index (χ1) is 12.6. The van der Waals surface area contributed by atoms with Crippen LogP contribution in [0.5, 0.6) is 0 Å². The van der Waals surface area contributed by atoms with Crippen LogP contribution in [0.15, 0.2) is 60.7 Å². The molecule has 3 radical (unpaired) electrons. The number of ether oxygens (including phenoxy) is 2. The van der Waals surface area contributed by atoms with Crippen molar-refractivity contribution < 1.29 is 45.0 Å². The summed E-state index contributed by atoms with van der Waals surface area (Å²) in [4.78, 5) is 0. The third-order valence-electron chi connectivity index (χ3n) is 5.08. The van der Waals surface area contributed by atoms with Crippen LogP contribution in [0.4, 0.5) is 0 Å². The van der Waals surface area contributed by atoms with Gasteiger partial charge in [0.05, 0.1) is 24.9 Å². The summed E-state index contributed by atoms with van der Waals surface area (Å²) in [6.07, 6.45) is 1.07. The standard InChI is InChI=1S/C15H18O3Si.C7H7.U/c1-11-7-15(10-18-19)14(13(11)9-17-15)16-8-12-5-3-2-4-6-12;1-7-5-3-2-4-6-7;/h2-6,9,11,13-14H,7-8,10H2,1H3;2-6H,1H2;/q2*-1;+2/t11?,13-,14-,15+;;/m1../s1. The van der Waals surface area contributed by atoms with Crippen molar-refractivity contribution in [1.29, 1.82) is 0 Å². The van der Waals surface area contributed by atoms with E-state index >= 15 is 0 Å². The first kappa shape index (κ1) is 22.7. The molecule has 0 N–H and O–H groups in total. The van der Waals surface area contributed by atoms with Gasteiger partial charge in [-0.1, -0.05) is 49.2 Å². The van der Waals surface area contributed by atoms with Gasteiger partial charge in [0.2, 0.25) is 10.5 Å². The first-order valence-electron chi connectivity index (χ1n) is 8.97. The van der Waals surface area contributed by atoms with Gasteiger partial charge in [-0.05, 0) is 12.0 Å². The summed E-state index contributed by atoms with van der Waals surface area (Å²) in [5.41, 5.74) is 1.94. The Kier molecular flexibility index (Phi) is 9.14. The van der Waals surface area contributed by atoms with Crippen LogP contribution >= 0.6 is 0 Å². The zero-order chi connectivity index (χ0) is 18.4. The Morgan fingerprint density at radius 3 is 2.30 bits per heavy atom. The van der Waals surface area contributed by atoms with E-state index in [4.69, 9.17) is 13.9 Å². The second kappa shape index (κ2) is 10.9. The Morgan fingerprint density at radius 1 is 1.15 bits per heavy atom. The zero-order valence-electron chi connectivity index (χ0n) is 15.6. The minimum Gasteiger partial charge on any atom is -0.544 e. The van der Waals surface area contributed by atoms with Crippen LogP contribution in [-0.4, -0.2) is 28.8 Å². The molecule has 2 bridgehead atoms. The maximum atomic E-state index is 6.14. The SMILES string of the molecule is CC1C[C@@]2(CO[Si])O[CH-][C@H]1[C@H]2OCc1ccccc1.[CH2-]c1ccccc1.[U+2]. The predicted octanol–water partition coefficient (Wildman–Crippen LogP) is 4.13. The van der Waals surface area contributed by atoms with Crippen LogP contribution in [0.3, 0.4) is 0 Å². The molecule has 27 heavy (non-hydrogen) atoms. The maximum Gasteiger partial charge on any atom is 2.00 e. The molecule has 0 aromatic heterocycles. The fourth-order valence-electron chi connectivity index (χ4n) is 3.78. The van der Waals surface area contributed by atoms with Crippen molar-refractivity contribution >= 4 is 10.5 Å². The molecule has 5 heteroatoms. The molecule has 1 heterocycles. The van der Waals surface area contributed by atoms with Gasteiger partial charge in [-0.25, -0.2) is 6.61 Å². The van der Waals surface area contributed by atoms with Gasteiger partial charge in [0.15, 0.2) is 0 Å². The summed E-state index contributed by atoms with van der Waals surface area (Å²) >= 11 is 0. The largest absolute Gasteiger partial charge is 2.00 e. The van der Waals surface area contributed by atoms with Gasteiger partial charge >= 0.3 is 31.1 Å². The van der Waals surface area contributed by atoms with Crippen LogP contribution in [0.25, 0.3) is 0 Å². The molecule has 4 atom stereocenters. The van der Waals surface area contributed by atoms with Gasteiger partial charge in [0.1, 0.15) is 0 Å². The Hall–Kier alpha value is -0.541. The quantitative estimate of drug-likeness (QED) is 0.380. The van der Waals surface area contributed by atoms with Gasteiger partial charge in [-0.2, -0.15) is 24.6 Å². The molecule has 1 saturated heterocycles. The van der Waals surface area contributed by atoms with Crippen molar-refractivity contribution in [2.75, 3.05) is 6.61 Å². The molecule has 0 spiro atoms. The molecule has 0 amide bonds. The number of benzene rings is 2. The summed E-state index contributed by atoms with van der Waals surface area (Å²) < 4.78 is 17.1. The molecular formula is C22H25O3SiU. The molecule has 2 aliphatic rings. The molecule has 4 rings (SSSR count).